The van der Waals surface area contributed by atoms with E-state index in [1.807, 2.05) is 0 Å². The Hall–Kier alpha value is 0.150. The molecule has 0 bridgehead atoms. The van der Waals surface area contributed by atoms with Gasteiger partial charge < -0.3 is 9.42 Å². The fourth-order valence-electron chi connectivity index (χ4n) is 1.50. The Bertz CT molecular complexity index is 204. The van der Waals surface area contributed by atoms with Crippen molar-refractivity contribution >= 4 is 7.60 Å². The second-order valence-corrected chi connectivity index (χ2v) is 6.77. The van der Waals surface area contributed by atoms with Crippen molar-refractivity contribution in [2.24, 2.45) is 5.92 Å². The van der Waals surface area contributed by atoms with Crippen molar-refractivity contribution in [2.75, 3.05) is 12.8 Å². The van der Waals surface area contributed by atoms with Gasteiger partial charge in [0.1, 0.15) is 0 Å². The van der Waals surface area contributed by atoms with Crippen molar-refractivity contribution in [3.63, 3.8) is 0 Å². The highest BCUT2D eigenvalue weighted by Gasteiger charge is 2.17. The van der Waals surface area contributed by atoms with Crippen molar-refractivity contribution in [2.45, 2.75) is 59.3 Å². The third kappa shape index (κ3) is 10.7. The Labute approximate surface area is 100 Å². The van der Waals surface area contributed by atoms with Gasteiger partial charge in [0.15, 0.2) is 0 Å². The van der Waals surface area contributed by atoms with Crippen LogP contribution in [0.3, 0.4) is 0 Å². The van der Waals surface area contributed by atoms with E-state index >= 15 is 0 Å². The Morgan fingerprint density at radius 1 is 1.19 bits per heavy atom. The molecule has 0 aromatic heterocycles. The smallest absolute Gasteiger partial charge is 0.324 e. The van der Waals surface area contributed by atoms with E-state index < -0.39 is 7.60 Å². The van der Waals surface area contributed by atoms with Crippen molar-refractivity contribution in [1.29, 1.82) is 0 Å². The maximum absolute atomic E-state index is 11.6. The normalized spacial score (nSPS) is 15.3. The number of rotatable bonds is 10. The van der Waals surface area contributed by atoms with E-state index in [-0.39, 0.29) is 0 Å². The first-order valence-corrected chi connectivity index (χ1v) is 8.20. The van der Waals surface area contributed by atoms with Crippen LogP contribution in [0.15, 0.2) is 0 Å². The Kier molecular flexibility index (Phi) is 9.29. The lowest BCUT2D eigenvalue weighted by Crippen LogP contribution is -1.99. The van der Waals surface area contributed by atoms with Crippen molar-refractivity contribution in [3.8, 4) is 0 Å². The quantitative estimate of drug-likeness (QED) is 0.467. The molecule has 0 amide bonds. The van der Waals surface area contributed by atoms with Crippen LogP contribution in [0.25, 0.3) is 0 Å². The van der Waals surface area contributed by atoms with Gasteiger partial charge in [-0.3, -0.25) is 4.57 Å². The van der Waals surface area contributed by atoms with Crippen LogP contribution in [0.5, 0.6) is 0 Å². The van der Waals surface area contributed by atoms with Crippen LogP contribution in [-0.2, 0) is 9.09 Å². The van der Waals surface area contributed by atoms with Gasteiger partial charge in [-0.15, -0.1) is 0 Å². The van der Waals surface area contributed by atoms with Crippen LogP contribution >= 0.6 is 7.60 Å². The molecule has 0 aliphatic rings. The van der Waals surface area contributed by atoms with Crippen LogP contribution in [0.1, 0.15) is 59.3 Å². The van der Waals surface area contributed by atoms with Crippen LogP contribution < -0.4 is 0 Å². The summed E-state index contributed by atoms with van der Waals surface area (Å²) in [5.41, 5.74) is 0. The van der Waals surface area contributed by atoms with Gasteiger partial charge >= 0.3 is 7.60 Å². The fraction of sp³-hybridized carbons (Fsp3) is 1.00. The van der Waals surface area contributed by atoms with Gasteiger partial charge in [-0.1, -0.05) is 40.0 Å². The molecule has 1 N–H and O–H groups in total. The number of unbranched alkanes of at least 4 members (excludes halogenated alkanes) is 3. The lowest BCUT2D eigenvalue weighted by atomic mass is 10.1. The zero-order chi connectivity index (χ0) is 12.4. The van der Waals surface area contributed by atoms with Crippen LogP contribution in [0.2, 0.25) is 0 Å². The lowest BCUT2D eigenvalue weighted by molar-refractivity contribution is 0.248. The summed E-state index contributed by atoms with van der Waals surface area (Å²) >= 11 is 0. The molecule has 16 heavy (non-hydrogen) atoms. The molecule has 0 aromatic rings. The minimum absolute atomic E-state index is 0.314. The molecule has 3 nitrogen and oxygen atoms in total. The van der Waals surface area contributed by atoms with E-state index in [4.69, 9.17) is 4.52 Å². The van der Waals surface area contributed by atoms with Gasteiger partial charge in [-0.25, -0.2) is 0 Å². The molecule has 0 saturated heterocycles. The van der Waals surface area contributed by atoms with E-state index in [1.54, 1.807) is 0 Å². The number of hydrogen-bond acceptors (Lipinski definition) is 2. The van der Waals surface area contributed by atoms with Gasteiger partial charge in [0.2, 0.25) is 0 Å². The zero-order valence-electron chi connectivity index (χ0n) is 10.9. The third-order valence-electron chi connectivity index (χ3n) is 2.51. The summed E-state index contributed by atoms with van der Waals surface area (Å²) in [4.78, 5) is 9.51. The summed E-state index contributed by atoms with van der Waals surface area (Å²) in [5.74, 6) is 0.631. The second-order valence-electron chi connectivity index (χ2n) is 4.79. The summed E-state index contributed by atoms with van der Waals surface area (Å²) in [6, 6.07) is 0. The molecule has 0 radical (unpaired) electrons. The first-order valence-electron chi connectivity index (χ1n) is 6.44. The minimum Gasteiger partial charge on any atom is -0.324 e. The molecular weight excluding hydrogens is 223 g/mol. The Morgan fingerprint density at radius 2 is 1.88 bits per heavy atom. The van der Waals surface area contributed by atoms with Crippen LogP contribution in [-0.4, -0.2) is 17.7 Å². The van der Waals surface area contributed by atoms with Gasteiger partial charge in [0, 0.05) is 6.16 Å². The van der Waals surface area contributed by atoms with Crippen LogP contribution in [0.4, 0.5) is 0 Å². The maximum atomic E-state index is 11.6. The predicted octanol–water partition coefficient (Wildman–Crippen LogP) is 4.20. The molecule has 0 aliphatic carbocycles. The topological polar surface area (TPSA) is 46.5 Å². The summed E-state index contributed by atoms with van der Waals surface area (Å²) in [6.45, 7) is 6.83. The largest absolute Gasteiger partial charge is 0.328 e. The molecule has 0 spiro atoms. The Balaban J connectivity index is 3.50. The van der Waals surface area contributed by atoms with Gasteiger partial charge in [0.05, 0.1) is 6.61 Å². The van der Waals surface area contributed by atoms with E-state index in [9.17, 15) is 9.46 Å². The van der Waals surface area contributed by atoms with E-state index in [0.29, 0.717) is 18.7 Å². The first-order chi connectivity index (χ1) is 7.48. The molecule has 0 aliphatic heterocycles. The molecular formula is C12H27O3P. The van der Waals surface area contributed by atoms with Gasteiger partial charge in [-0.05, 0) is 25.2 Å². The van der Waals surface area contributed by atoms with Crippen molar-refractivity contribution < 1.29 is 14.0 Å². The monoisotopic (exact) mass is 250 g/mol. The lowest BCUT2D eigenvalue weighted by Gasteiger charge is -2.12. The molecule has 0 heterocycles. The van der Waals surface area contributed by atoms with Crippen LogP contribution in [0, 0.1) is 5.92 Å². The zero-order valence-corrected chi connectivity index (χ0v) is 11.8. The molecule has 0 fully saturated rings. The minimum atomic E-state index is -3.29. The van der Waals surface area contributed by atoms with E-state index in [1.165, 1.54) is 0 Å². The fourth-order valence-corrected chi connectivity index (χ4v) is 2.67. The molecule has 0 rings (SSSR count). The summed E-state index contributed by atoms with van der Waals surface area (Å²) in [7, 11) is -3.29. The van der Waals surface area contributed by atoms with E-state index in [2.05, 4.69) is 20.8 Å². The molecule has 98 valence electrons. The SMILES string of the molecule is CCCCCCP(=O)(O)OCCCC(C)C. The average Bonchev–Trinajstić information content (AvgIpc) is 2.19. The van der Waals surface area contributed by atoms with E-state index in [0.717, 1.165) is 38.5 Å². The van der Waals surface area contributed by atoms with Crippen molar-refractivity contribution in [1.82, 2.24) is 0 Å². The summed E-state index contributed by atoms with van der Waals surface area (Å²) < 4.78 is 16.6. The third-order valence-corrected chi connectivity index (χ3v) is 3.98. The Morgan fingerprint density at radius 3 is 2.44 bits per heavy atom. The molecule has 0 aromatic carbocycles. The summed E-state index contributed by atoms with van der Waals surface area (Å²) in [6.07, 6.45) is 6.34. The standard InChI is InChI=1S/C12H27O3P/c1-4-5-6-7-11-16(13,14)15-10-8-9-12(2)3/h12H,4-11H2,1-3H3,(H,13,14). The number of hydrogen-bond donors (Lipinski definition) is 1. The molecule has 1 unspecified atom stereocenters. The van der Waals surface area contributed by atoms with Gasteiger partial charge in [0.25, 0.3) is 0 Å². The highest BCUT2D eigenvalue weighted by atomic mass is 31.2. The van der Waals surface area contributed by atoms with Gasteiger partial charge in [-0.2, -0.15) is 0 Å². The summed E-state index contributed by atoms with van der Waals surface area (Å²) in [5, 5.41) is 0. The molecule has 4 heteroatoms. The first kappa shape index (κ1) is 16.1. The maximum Gasteiger partial charge on any atom is 0.328 e. The van der Waals surface area contributed by atoms with Crippen molar-refractivity contribution in [3.05, 3.63) is 0 Å². The molecule has 1 atom stereocenters. The molecule has 0 saturated carbocycles. The average molecular weight is 250 g/mol. The second kappa shape index (κ2) is 9.21. The highest BCUT2D eigenvalue weighted by molar-refractivity contribution is 7.52. The highest BCUT2D eigenvalue weighted by Crippen LogP contribution is 2.43. The predicted molar refractivity (Wildman–Crippen MR) is 68.9 cm³/mol.